The van der Waals surface area contributed by atoms with Gasteiger partial charge in [0.05, 0.1) is 0 Å². The van der Waals surface area contributed by atoms with E-state index in [1.54, 1.807) is 13.8 Å². The summed E-state index contributed by atoms with van der Waals surface area (Å²) in [5.41, 5.74) is 10.6. The van der Waals surface area contributed by atoms with Crippen molar-refractivity contribution in [1.82, 2.24) is 5.32 Å². The van der Waals surface area contributed by atoms with Crippen LogP contribution in [0.1, 0.15) is 200 Å². The molecule has 0 aliphatic carbocycles. The van der Waals surface area contributed by atoms with Gasteiger partial charge in [0.1, 0.15) is 12.1 Å². The highest BCUT2D eigenvalue weighted by molar-refractivity contribution is 5.75. The molecule has 0 rings (SSSR count). The van der Waals surface area contributed by atoms with Gasteiger partial charge in [-0.2, -0.15) is 0 Å². The van der Waals surface area contributed by atoms with Gasteiger partial charge in [-0.05, 0) is 87.6 Å². The number of nitrogens with one attached hydrogen (secondary N) is 1. The number of carbonyl (C=O) groups excluding carboxylic acids is 3. The van der Waals surface area contributed by atoms with E-state index in [-0.39, 0.29) is 18.2 Å². The largest absolute Gasteiger partial charge is 0.481 e. The average molecular weight is 732 g/mol. The molecule has 0 aliphatic heterocycles. The van der Waals surface area contributed by atoms with E-state index < -0.39 is 5.97 Å². The van der Waals surface area contributed by atoms with Gasteiger partial charge in [-0.25, -0.2) is 0 Å². The molecule has 0 aromatic carbocycles. The second-order valence-electron chi connectivity index (χ2n) is 16.2. The van der Waals surface area contributed by atoms with Crippen LogP contribution < -0.4 is 16.8 Å². The maximum atomic E-state index is 10.5. The van der Waals surface area contributed by atoms with Crippen molar-refractivity contribution >= 4 is 23.9 Å². The third-order valence-corrected chi connectivity index (χ3v) is 7.06. The quantitative estimate of drug-likeness (QED) is 0.0602. The van der Waals surface area contributed by atoms with Gasteiger partial charge in [0, 0.05) is 32.7 Å². The molecule has 6 N–H and O–H groups in total. The van der Waals surface area contributed by atoms with E-state index in [0.29, 0.717) is 5.78 Å². The molecule has 0 saturated heterocycles. The summed E-state index contributed by atoms with van der Waals surface area (Å²) in [6.45, 7) is 31.6. The fourth-order valence-electron chi connectivity index (χ4n) is 4.04. The van der Waals surface area contributed by atoms with Crippen molar-refractivity contribution < 1.29 is 24.3 Å². The third kappa shape index (κ3) is 106. The highest BCUT2D eigenvalue weighted by atomic mass is 16.4. The molecule has 0 atom stereocenters. The van der Waals surface area contributed by atoms with Crippen LogP contribution in [-0.2, 0) is 19.2 Å². The molecule has 51 heavy (non-hydrogen) atoms. The second-order valence-corrected chi connectivity index (χ2v) is 16.2. The topological polar surface area (TPSA) is 153 Å². The van der Waals surface area contributed by atoms with Crippen LogP contribution >= 0.6 is 0 Å². The van der Waals surface area contributed by atoms with Crippen LogP contribution in [0, 0.1) is 35.5 Å². The highest BCUT2D eigenvalue weighted by Crippen LogP contribution is 2.08. The Hall–Kier alpha value is -1.80. The molecule has 0 fully saturated rings. The Kier molecular flexibility index (Phi) is 60.4. The van der Waals surface area contributed by atoms with Crippen LogP contribution in [0.5, 0.6) is 0 Å². The normalized spacial score (nSPS) is 10.2. The molecule has 0 spiro atoms. The van der Waals surface area contributed by atoms with E-state index in [4.69, 9.17) is 16.6 Å². The Balaban J connectivity index is -0.000000121. The van der Waals surface area contributed by atoms with Gasteiger partial charge in [-0.1, -0.05) is 134 Å². The van der Waals surface area contributed by atoms with Gasteiger partial charge in [0.15, 0.2) is 0 Å². The molecule has 8 nitrogen and oxygen atoms in total. The van der Waals surface area contributed by atoms with E-state index in [9.17, 15) is 19.2 Å². The lowest BCUT2D eigenvalue weighted by Gasteiger charge is -2.04. The number of Topliss-reactive ketones (excluding diaryl/α,β-unsaturated/α-hetero) is 1. The molecule has 0 aromatic rings. The summed E-state index contributed by atoms with van der Waals surface area (Å²) in [6, 6.07) is 0. The van der Waals surface area contributed by atoms with E-state index in [1.165, 1.54) is 57.8 Å². The zero-order chi connectivity index (χ0) is 41.0. The number of amides is 1. The predicted octanol–water partition coefficient (Wildman–Crippen LogP) is 11.0. The lowest BCUT2D eigenvalue weighted by Crippen LogP contribution is -2.20. The maximum absolute atomic E-state index is 10.5. The summed E-state index contributed by atoms with van der Waals surface area (Å²) in [5.74, 6) is 3.89. The number of nitrogens with two attached hydrogens (primary N) is 2. The van der Waals surface area contributed by atoms with Crippen LogP contribution in [-0.4, -0.2) is 48.7 Å². The van der Waals surface area contributed by atoms with Crippen molar-refractivity contribution in [3.05, 3.63) is 0 Å². The molecule has 8 heteroatoms. The van der Waals surface area contributed by atoms with E-state index in [2.05, 4.69) is 74.6 Å². The summed E-state index contributed by atoms with van der Waals surface area (Å²) >= 11 is 0. The second kappa shape index (κ2) is 50.3. The molecular formula is C43H93N3O5. The number of aldehydes is 1. The molecule has 0 saturated carbocycles. The third-order valence-electron chi connectivity index (χ3n) is 7.06. The van der Waals surface area contributed by atoms with Crippen molar-refractivity contribution in [3.63, 3.8) is 0 Å². The minimum atomic E-state index is -0.713. The predicted molar refractivity (Wildman–Crippen MR) is 224 cm³/mol. The van der Waals surface area contributed by atoms with Gasteiger partial charge >= 0.3 is 5.97 Å². The molecular weight excluding hydrogens is 638 g/mol. The number of ketones is 1. The molecule has 0 unspecified atom stereocenters. The lowest BCUT2D eigenvalue weighted by atomic mass is 10.1. The first-order valence-corrected chi connectivity index (χ1v) is 20.5. The molecule has 0 bridgehead atoms. The van der Waals surface area contributed by atoms with Gasteiger partial charge in [-0.3, -0.25) is 9.59 Å². The van der Waals surface area contributed by atoms with Crippen molar-refractivity contribution in [3.8, 4) is 0 Å². The van der Waals surface area contributed by atoms with Gasteiger partial charge < -0.3 is 31.5 Å². The molecule has 0 aliphatic rings. The molecule has 0 aromatic heterocycles. The van der Waals surface area contributed by atoms with Gasteiger partial charge in [-0.15, -0.1) is 0 Å². The highest BCUT2D eigenvalue weighted by Gasteiger charge is 1.99. The van der Waals surface area contributed by atoms with Crippen LogP contribution in [0.25, 0.3) is 0 Å². The first-order valence-electron chi connectivity index (χ1n) is 20.5. The van der Waals surface area contributed by atoms with Crippen molar-refractivity contribution in [2.75, 3.05) is 19.6 Å². The Morgan fingerprint density at radius 3 is 1.24 bits per heavy atom. The lowest BCUT2D eigenvalue weighted by molar-refractivity contribution is -0.137. The average Bonchev–Trinajstić information content (AvgIpc) is 2.97. The smallest absolute Gasteiger partial charge is 0.303 e. The monoisotopic (exact) mass is 732 g/mol. The molecule has 1 amide bonds. The Morgan fingerprint density at radius 1 is 0.549 bits per heavy atom. The zero-order valence-corrected chi connectivity index (χ0v) is 36.7. The number of rotatable bonds is 23. The van der Waals surface area contributed by atoms with Crippen LogP contribution in [0.2, 0.25) is 0 Å². The van der Waals surface area contributed by atoms with Gasteiger partial charge in [0.2, 0.25) is 5.91 Å². The minimum Gasteiger partial charge on any atom is -0.481 e. The Labute approximate surface area is 319 Å². The van der Waals surface area contributed by atoms with E-state index >= 15 is 0 Å². The summed E-state index contributed by atoms with van der Waals surface area (Å²) in [7, 11) is 0. The Morgan fingerprint density at radius 2 is 0.961 bits per heavy atom. The molecule has 0 heterocycles. The van der Waals surface area contributed by atoms with Gasteiger partial charge in [0.25, 0.3) is 0 Å². The fourth-order valence-corrected chi connectivity index (χ4v) is 4.04. The number of carbonyl (C=O) groups is 4. The van der Waals surface area contributed by atoms with Crippen LogP contribution in [0.15, 0.2) is 0 Å². The maximum Gasteiger partial charge on any atom is 0.303 e. The van der Waals surface area contributed by atoms with Crippen LogP contribution in [0.4, 0.5) is 0 Å². The standard InChI is InChI=1S/C10H21NO.C8H19N.C8H16O.C7H14O.C5H13N.C5H10O2/c1-9(2)7-5-4-6-8-11-10(3)12;1-8(2)6-4-3-5-7-9;1-7(2)5-4-6-8(3)9;1-7(2)5-3-4-6-8;1-5(2)3-4-6;1-4(2)3-5(6)7/h9H,4-8H2,1-3H3,(H,11,12);8H,3-7,9H2,1-2H3;7H,4-6H2,1-3H3;6-7H,3-5H2,1-2H3;5H,3-4,6H2,1-2H3;4H,3H2,1-2H3,(H,6,7). The number of hydrogen-bond donors (Lipinski definition) is 4. The minimum absolute atomic E-state index is 0.0823. The molecule has 310 valence electrons. The Bertz CT molecular complexity index is 708. The van der Waals surface area contributed by atoms with Crippen molar-refractivity contribution in [1.29, 1.82) is 0 Å². The summed E-state index contributed by atoms with van der Waals surface area (Å²) in [4.78, 5) is 40.5. The van der Waals surface area contributed by atoms with E-state index in [0.717, 1.165) is 94.0 Å². The zero-order valence-electron chi connectivity index (χ0n) is 36.7. The number of unbranched alkanes of at least 4 members (excludes halogenated alkanes) is 5. The van der Waals surface area contributed by atoms with Crippen LogP contribution in [0.3, 0.4) is 0 Å². The first kappa shape index (κ1) is 61.2. The number of carboxylic acid groups (broad SMARTS) is 1. The molecule has 0 radical (unpaired) electrons. The van der Waals surface area contributed by atoms with Crippen molar-refractivity contribution in [2.24, 2.45) is 47.0 Å². The van der Waals surface area contributed by atoms with Crippen molar-refractivity contribution in [2.45, 2.75) is 200 Å². The summed E-state index contributed by atoms with van der Waals surface area (Å²) in [6.07, 6.45) is 18.6. The van der Waals surface area contributed by atoms with E-state index in [1.807, 2.05) is 13.8 Å². The SMILES string of the molecule is CC(=O)CCCC(C)C.CC(=O)NCCCCCC(C)C.CC(C)CC(=O)O.CC(C)CCCC=O.CC(C)CCCCCN.CC(C)CCN. The number of carboxylic acids is 1. The summed E-state index contributed by atoms with van der Waals surface area (Å²) in [5, 5.41) is 10.9. The summed E-state index contributed by atoms with van der Waals surface area (Å²) < 4.78 is 0. The first-order chi connectivity index (χ1) is 23.7. The fraction of sp³-hybridized carbons (Fsp3) is 0.907. The number of hydrogen-bond acceptors (Lipinski definition) is 6. The number of aliphatic carboxylic acids is 1.